The van der Waals surface area contributed by atoms with Crippen molar-refractivity contribution in [3.63, 3.8) is 0 Å². The second kappa shape index (κ2) is 6.96. The molecule has 1 saturated heterocycles. The third kappa shape index (κ3) is 3.74. The lowest BCUT2D eigenvalue weighted by Gasteiger charge is -2.17. The van der Waals surface area contributed by atoms with Gasteiger partial charge < -0.3 is 10.2 Å². The number of rotatable bonds is 3. The first-order chi connectivity index (χ1) is 11.8. The Morgan fingerprint density at radius 1 is 1.20 bits per heavy atom. The quantitative estimate of drug-likeness (QED) is 0.833. The van der Waals surface area contributed by atoms with Gasteiger partial charge in [-0.2, -0.15) is 0 Å². The van der Waals surface area contributed by atoms with Gasteiger partial charge in [-0.05, 0) is 61.4 Å². The van der Waals surface area contributed by atoms with Gasteiger partial charge in [-0.3, -0.25) is 9.59 Å². The summed E-state index contributed by atoms with van der Waals surface area (Å²) in [6.45, 7) is 4.17. The summed E-state index contributed by atoms with van der Waals surface area (Å²) in [5.41, 5.74) is 3.33. The van der Waals surface area contributed by atoms with Gasteiger partial charge >= 0.3 is 0 Å². The maximum absolute atomic E-state index is 13.0. The van der Waals surface area contributed by atoms with E-state index in [1.54, 1.807) is 12.1 Å². The van der Waals surface area contributed by atoms with E-state index in [2.05, 4.69) is 21.2 Å². The highest BCUT2D eigenvalue weighted by Crippen LogP contribution is 2.28. The molecule has 2 aromatic carbocycles. The maximum Gasteiger partial charge on any atom is 0.229 e. The van der Waals surface area contributed by atoms with Crippen LogP contribution in [0.3, 0.4) is 0 Å². The van der Waals surface area contributed by atoms with Crippen LogP contribution in [0.5, 0.6) is 0 Å². The van der Waals surface area contributed by atoms with Gasteiger partial charge in [-0.25, -0.2) is 4.39 Å². The average Bonchev–Trinajstić information content (AvgIpc) is 2.95. The van der Waals surface area contributed by atoms with Crippen molar-refractivity contribution >= 4 is 39.1 Å². The minimum absolute atomic E-state index is 0.129. The zero-order chi connectivity index (χ0) is 18.1. The molecule has 130 valence electrons. The summed E-state index contributed by atoms with van der Waals surface area (Å²) in [6, 6.07) is 9.58. The molecule has 0 bridgehead atoms. The number of anilines is 2. The summed E-state index contributed by atoms with van der Waals surface area (Å²) in [6.07, 6.45) is 0.151. The zero-order valence-electron chi connectivity index (χ0n) is 14.0. The van der Waals surface area contributed by atoms with Crippen LogP contribution in [0.4, 0.5) is 15.8 Å². The number of hydrogen-bond acceptors (Lipinski definition) is 2. The molecule has 6 heteroatoms. The summed E-state index contributed by atoms with van der Waals surface area (Å²) in [5.74, 6) is -1.09. The first kappa shape index (κ1) is 17.6. The largest absolute Gasteiger partial charge is 0.326 e. The Kier molecular flexibility index (Phi) is 4.90. The zero-order valence-corrected chi connectivity index (χ0v) is 15.6. The molecule has 2 aromatic rings. The standard InChI is InChI=1S/C19H18BrFN2O2/c1-11-8-17(12(2)7-16(11)20)22-19(25)13-9-18(24)23(10-13)15-5-3-14(21)4-6-15/h3-8,13H,9-10H2,1-2H3,(H,22,25)/t13-/m1/s1. The number of halogens is 2. The van der Waals surface area contributed by atoms with Crippen LogP contribution in [0.2, 0.25) is 0 Å². The van der Waals surface area contributed by atoms with Crippen molar-refractivity contribution < 1.29 is 14.0 Å². The van der Waals surface area contributed by atoms with E-state index in [9.17, 15) is 14.0 Å². The predicted molar refractivity (Wildman–Crippen MR) is 99.1 cm³/mol. The highest BCUT2D eigenvalue weighted by molar-refractivity contribution is 9.10. The number of amides is 2. The Morgan fingerprint density at radius 2 is 1.88 bits per heavy atom. The normalized spacial score (nSPS) is 17.0. The number of carbonyl (C=O) groups excluding carboxylic acids is 2. The molecule has 2 amide bonds. The third-order valence-corrected chi connectivity index (χ3v) is 5.25. The molecular formula is C19H18BrFN2O2. The summed E-state index contributed by atoms with van der Waals surface area (Å²) in [4.78, 5) is 26.3. The molecule has 1 aliphatic rings. The monoisotopic (exact) mass is 404 g/mol. The van der Waals surface area contributed by atoms with Crippen LogP contribution < -0.4 is 10.2 Å². The number of hydrogen-bond donors (Lipinski definition) is 1. The third-order valence-electron chi connectivity index (χ3n) is 4.40. The molecule has 1 fully saturated rings. The van der Waals surface area contributed by atoms with E-state index in [0.29, 0.717) is 12.2 Å². The Labute approximate surface area is 154 Å². The first-order valence-electron chi connectivity index (χ1n) is 7.98. The smallest absolute Gasteiger partial charge is 0.229 e. The van der Waals surface area contributed by atoms with Crippen molar-refractivity contribution in [1.82, 2.24) is 0 Å². The van der Waals surface area contributed by atoms with Crippen LogP contribution in [-0.2, 0) is 9.59 Å². The lowest BCUT2D eigenvalue weighted by molar-refractivity contribution is -0.122. The van der Waals surface area contributed by atoms with E-state index >= 15 is 0 Å². The van der Waals surface area contributed by atoms with E-state index < -0.39 is 5.92 Å². The molecule has 0 aliphatic carbocycles. The average molecular weight is 405 g/mol. The molecule has 0 aromatic heterocycles. The van der Waals surface area contributed by atoms with E-state index in [0.717, 1.165) is 21.3 Å². The lowest BCUT2D eigenvalue weighted by atomic mass is 10.1. The van der Waals surface area contributed by atoms with Gasteiger partial charge in [0.2, 0.25) is 11.8 Å². The summed E-state index contributed by atoms with van der Waals surface area (Å²) in [7, 11) is 0. The van der Waals surface area contributed by atoms with Gasteiger partial charge in [0, 0.05) is 28.8 Å². The van der Waals surface area contributed by atoms with Gasteiger partial charge in [0.25, 0.3) is 0 Å². The number of benzene rings is 2. The second-order valence-electron chi connectivity index (χ2n) is 6.29. The van der Waals surface area contributed by atoms with Crippen LogP contribution in [0.1, 0.15) is 17.5 Å². The van der Waals surface area contributed by atoms with Gasteiger partial charge in [0.1, 0.15) is 5.82 Å². The number of nitrogens with one attached hydrogen (secondary N) is 1. The van der Waals surface area contributed by atoms with E-state index in [1.165, 1.54) is 17.0 Å². The van der Waals surface area contributed by atoms with Gasteiger partial charge in [0.15, 0.2) is 0 Å². The maximum atomic E-state index is 13.0. The van der Waals surface area contributed by atoms with Crippen molar-refractivity contribution in [1.29, 1.82) is 0 Å². The van der Waals surface area contributed by atoms with Crippen molar-refractivity contribution in [2.75, 3.05) is 16.8 Å². The van der Waals surface area contributed by atoms with Gasteiger partial charge in [-0.15, -0.1) is 0 Å². The molecule has 1 atom stereocenters. The van der Waals surface area contributed by atoms with E-state index in [-0.39, 0.29) is 24.1 Å². The first-order valence-corrected chi connectivity index (χ1v) is 8.78. The molecule has 1 N–H and O–H groups in total. The molecule has 0 radical (unpaired) electrons. The second-order valence-corrected chi connectivity index (χ2v) is 7.14. The van der Waals surface area contributed by atoms with E-state index in [4.69, 9.17) is 0 Å². The topological polar surface area (TPSA) is 49.4 Å². The summed E-state index contributed by atoms with van der Waals surface area (Å²) >= 11 is 3.47. The van der Waals surface area contributed by atoms with Crippen LogP contribution in [0.15, 0.2) is 40.9 Å². The Morgan fingerprint density at radius 3 is 2.56 bits per heavy atom. The fourth-order valence-electron chi connectivity index (χ4n) is 2.90. The fraction of sp³-hybridized carbons (Fsp3) is 0.263. The van der Waals surface area contributed by atoms with E-state index in [1.807, 2.05) is 26.0 Å². The Bertz CT molecular complexity index is 836. The highest BCUT2D eigenvalue weighted by atomic mass is 79.9. The molecule has 3 rings (SSSR count). The molecule has 0 spiro atoms. The molecule has 25 heavy (non-hydrogen) atoms. The molecule has 0 saturated carbocycles. The fourth-order valence-corrected chi connectivity index (χ4v) is 3.36. The molecule has 4 nitrogen and oxygen atoms in total. The van der Waals surface area contributed by atoms with Crippen LogP contribution in [0, 0.1) is 25.6 Å². The van der Waals surface area contributed by atoms with Crippen molar-refractivity contribution in [2.45, 2.75) is 20.3 Å². The molecule has 1 aliphatic heterocycles. The Balaban J connectivity index is 1.73. The minimum atomic E-state index is -0.430. The molecule has 0 unspecified atom stereocenters. The minimum Gasteiger partial charge on any atom is -0.326 e. The van der Waals surface area contributed by atoms with Crippen molar-refractivity contribution in [2.24, 2.45) is 5.92 Å². The Hall–Kier alpha value is -2.21. The number of aryl methyl sites for hydroxylation is 2. The lowest BCUT2D eigenvalue weighted by Crippen LogP contribution is -2.28. The van der Waals surface area contributed by atoms with Crippen LogP contribution in [-0.4, -0.2) is 18.4 Å². The van der Waals surface area contributed by atoms with Gasteiger partial charge in [-0.1, -0.05) is 15.9 Å². The van der Waals surface area contributed by atoms with Crippen molar-refractivity contribution in [3.8, 4) is 0 Å². The van der Waals surface area contributed by atoms with Crippen LogP contribution >= 0.6 is 15.9 Å². The SMILES string of the molecule is Cc1cc(NC(=O)[C@@H]2CC(=O)N(c3ccc(F)cc3)C2)c(C)cc1Br. The molecular weight excluding hydrogens is 387 g/mol. The summed E-state index contributed by atoms with van der Waals surface area (Å²) < 4.78 is 14.0. The molecule has 1 heterocycles. The van der Waals surface area contributed by atoms with Crippen LogP contribution in [0.25, 0.3) is 0 Å². The van der Waals surface area contributed by atoms with Gasteiger partial charge in [0.05, 0.1) is 5.92 Å². The highest BCUT2D eigenvalue weighted by Gasteiger charge is 2.35. The number of carbonyl (C=O) groups is 2. The predicted octanol–water partition coefficient (Wildman–Crippen LogP) is 4.20. The van der Waals surface area contributed by atoms with Crippen molar-refractivity contribution in [3.05, 3.63) is 57.8 Å². The summed E-state index contributed by atoms with van der Waals surface area (Å²) in [5, 5.41) is 2.92. The number of nitrogens with zero attached hydrogens (tertiary/aromatic N) is 1.